The molecule has 8 heteroatoms. The molecule has 0 atom stereocenters. The lowest BCUT2D eigenvalue weighted by atomic mass is 10.0. The molecule has 0 bridgehead atoms. The summed E-state index contributed by atoms with van der Waals surface area (Å²) in [5.41, 5.74) is 0.407. The Morgan fingerprint density at radius 3 is 2.39 bits per heavy atom. The number of hydrogen-bond acceptors (Lipinski definition) is 4. The maximum Gasteiger partial charge on any atom is 0.372 e. The number of aromatic nitrogens is 1. The molecule has 142 valence electrons. The minimum atomic E-state index is -1.73. The molecule has 0 radical (unpaired) electrons. The molecule has 1 aromatic heterocycles. The molecule has 28 heavy (non-hydrogen) atoms. The SMILES string of the molecule is O=C(O)C(=O)CC(=O)c1cn(Cc2ccc(F)cc2)c2ccc(Br)cc2c1=O. The van der Waals surface area contributed by atoms with Crippen molar-refractivity contribution >= 4 is 44.4 Å². The van der Waals surface area contributed by atoms with Crippen LogP contribution in [0.15, 0.2) is 57.9 Å². The summed E-state index contributed by atoms with van der Waals surface area (Å²) >= 11 is 3.28. The first-order valence-corrected chi connectivity index (χ1v) is 8.92. The molecule has 3 aromatic rings. The third-order valence-electron chi connectivity index (χ3n) is 4.17. The molecule has 1 N–H and O–H groups in total. The summed E-state index contributed by atoms with van der Waals surface area (Å²) in [6, 6.07) is 10.7. The van der Waals surface area contributed by atoms with Crippen molar-refractivity contribution in [2.24, 2.45) is 0 Å². The minimum Gasteiger partial charge on any atom is -0.475 e. The van der Waals surface area contributed by atoms with Gasteiger partial charge in [-0.15, -0.1) is 0 Å². The Hall–Kier alpha value is -3.13. The Kier molecular flexibility index (Phi) is 5.51. The summed E-state index contributed by atoms with van der Waals surface area (Å²) in [4.78, 5) is 47.3. The lowest BCUT2D eigenvalue weighted by Crippen LogP contribution is -2.23. The van der Waals surface area contributed by atoms with E-state index >= 15 is 0 Å². The zero-order valence-corrected chi connectivity index (χ0v) is 15.9. The number of ketones is 2. The molecule has 2 aromatic carbocycles. The van der Waals surface area contributed by atoms with Gasteiger partial charge in [-0.25, -0.2) is 9.18 Å². The first-order chi connectivity index (χ1) is 13.3. The molecule has 6 nitrogen and oxygen atoms in total. The summed E-state index contributed by atoms with van der Waals surface area (Å²) in [7, 11) is 0. The van der Waals surface area contributed by atoms with Gasteiger partial charge in [0.25, 0.3) is 0 Å². The molecule has 3 rings (SSSR count). The number of carbonyl (C=O) groups is 3. The van der Waals surface area contributed by atoms with E-state index in [1.54, 1.807) is 34.9 Å². The van der Waals surface area contributed by atoms with E-state index in [0.717, 1.165) is 5.56 Å². The fraction of sp³-hybridized carbons (Fsp3) is 0.100. The summed E-state index contributed by atoms with van der Waals surface area (Å²) in [6.07, 6.45) is 0.403. The molecule has 0 saturated heterocycles. The molecule has 0 aliphatic rings. The van der Waals surface area contributed by atoms with Crippen molar-refractivity contribution in [1.82, 2.24) is 4.57 Å². The number of pyridine rings is 1. The van der Waals surface area contributed by atoms with Crippen LogP contribution in [0.1, 0.15) is 22.3 Å². The highest BCUT2D eigenvalue weighted by molar-refractivity contribution is 9.10. The Labute approximate surface area is 166 Å². The van der Waals surface area contributed by atoms with Crippen LogP contribution in [-0.4, -0.2) is 27.2 Å². The number of benzene rings is 2. The number of carbonyl (C=O) groups excluding carboxylic acids is 2. The van der Waals surface area contributed by atoms with Crippen molar-refractivity contribution in [1.29, 1.82) is 0 Å². The molecule has 0 amide bonds. The van der Waals surface area contributed by atoms with E-state index in [1.165, 1.54) is 18.3 Å². The Morgan fingerprint density at radius 1 is 1.07 bits per heavy atom. The van der Waals surface area contributed by atoms with Gasteiger partial charge in [-0.05, 0) is 35.9 Å². The van der Waals surface area contributed by atoms with Gasteiger partial charge in [0.05, 0.1) is 17.5 Å². The van der Waals surface area contributed by atoms with Crippen LogP contribution >= 0.6 is 15.9 Å². The van der Waals surface area contributed by atoms with E-state index in [2.05, 4.69) is 15.9 Å². The van der Waals surface area contributed by atoms with E-state index in [-0.39, 0.29) is 23.3 Å². The number of aliphatic carboxylic acids is 1. The van der Waals surface area contributed by atoms with Gasteiger partial charge in [-0.1, -0.05) is 28.1 Å². The normalized spacial score (nSPS) is 10.8. The Bertz CT molecular complexity index is 1170. The van der Waals surface area contributed by atoms with Crippen LogP contribution in [0.3, 0.4) is 0 Å². The standard InChI is InChI=1S/C20H13BrFNO5/c21-12-3-6-16-14(7-12)19(26)15(17(24)8-18(25)20(27)28)10-23(16)9-11-1-4-13(22)5-2-11/h1-7,10H,8-9H2,(H,27,28). The summed E-state index contributed by atoms with van der Waals surface area (Å²) in [5.74, 6) is -4.28. The van der Waals surface area contributed by atoms with Crippen molar-refractivity contribution < 1.29 is 23.9 Å². The lowest BCUT2D eigenvalue weighted by Gasteiger charge is -2.13. The summed E-state index contributed by atoms with van der Waals surface area (Å²) < 4.78 is 15.4. The zero-order valence-electron chi connectivity index (χ0n) is 14.3. The number of Topliss-reactive ketones (excluding diaryl/α,β-unsaturated/α-hetero) is 2. The molecule has 0 saturated carbocycles. The average Bonchev–Trinajstić information content (AvgIpc) is 2.65. The predicted octanol–water partition coefficient (Wildman–Crippen LogP) is 3.18. The highest BCUT2D eigenvalue weighted by atomic mass is 79.9. The smallest absolute Gasteiger partial charge is 0.372 e. The van der Waals surface area contributed by atoms with Crippen molar-refractivity contribution in [3.05, 3.63) is 80.3 Å². The van der Waals surface area contributed by atoms with Crippen LogP contribution in [0.25, 0.3) is 10.9 Å². The van der Waals surface area contributed by atoms with Crippen molar-refractivity contribution in [2.75, 3.05) is 0 Å². The molecule has 0 aliphatic carbocycles. The van der Waals surface area contributed by atoms with Crippen molar-refractivity contribution in [3.8, 4) is 0 Å². The fourth-order valence-corrected chi connectivity index (χ4v) is 3.16. The molecule has 0 fully saturated rings. The van der Waals surface area contributed by atoms with Crippen LogP contribution in [0, 0.1) is 5.82 Å². The van der Waals surface area contributed by atoms with Crippen LogP contribution < -0.4 is 5.43 Å². The third kappa shape index (κ3) is 4.07. The van der Waals surface area contributed by atoms with E-state index in [1.807, 2.05) is 0 Å². The second-order valence-electron chi connectivity index (χ2n) is 6.12. The molecular weight excluding hydrogens is 433 g/mol. The molecule has 0 aliphatic heterocycles. The van der Waals surface area contributed by atoms with E-state index in [4.69, 9.17) is 5.11 Å². The van der Waals surface area contributed by atoms with Gasteiger partial charge >= 0.3 is 5.97 Å². The van der Waals surface area contributed by atoms with Crippen LogP contribution in [0.5, 0.6) is 0 Å². The number of fused-ring (bicyclic) bond motifs is 1. The summed E-state index contributed by atoms with van der Waals surface area (Å²) in [6.45, 7) is 0.242. The van der Waals surface area contributed by atoms with E-state index < -0.39 is 29.4 Å². The van der Waals surface area contributed by atoms with E-state index in [0.29, 0.717) is 9.99 Å². The fourth-order valence-electron chi connectivity index (χ4n) is 2.80. The highest BCUT2D eigenvalue weighted by Crippen LogP contribution is 2.20. The third-order valence-corrected chi connectivity index (χ3v) is 4.66. The van der Waals surface area contributed by atoms with Crippen LogP contribution in [0.2, 0.25) is 0 Å². The topological polar surface area (TPSA) is 93.4 Å². The second-order valence-corrected chi connectivity index (χ2v) is 7.03. The number of halogens is 2. The first-order valence-electron chi connectivity index (χ1n) is 8.12. The maximum absolute atomic E-state index is 13.2. The van der Waals surface area contributed by atoms with Crippen LogP contribution in [-0.2, 0) is 16.1 Å². The maximum atomic E-state index is 13.2. The van der Waals surface area contributed by atoms with E-state index in [9.17, 15) is 23.6 Å². The number of rotatable bonds is 6. The van der Waals surface area contributed by atoms with Gasteiger partial charge in [0.1, 0.15) is 5.82 Å². The first kappa shape index (κ1) is 19.6. The summed E-state index contributed by atoms with van der Waals surface area (Å²) in [5, 5.41) is 8.95. The lowest BCUT2D eigenvalue weighted by molar-refractivity contribution is -0.148. The number of carboxylic acids is 1. The zero-order chi connectivity index (χ0) is 20.4. The van der Waals surface area contributed by atoms with Gasteiger partial charge in [-0.3, -0.25) is 14.4 Å². The predicted molar refractivity (Wildman–Crippen MR) is 103 cm³/mol. The quantitative estimate of drug-likeness (QED) is 0.357. The number of nitrogens with zero attached hydrogens (tertiary/aromatic N) is 1. The molecule has 0 spiro atoms. The largest absolute Gasteiger partial charge is 0.475 e. The van der Waals surface area contributed by atoms with Gasteiger partial charge in [0.2, 0.25) is 5.78 Å². The van der Waals surface area contributed by atoms with Crippen molar-refractivity contribution in [3.63, 3.8) is 0 Å². The molecule has 1 heterocycles. The number of carboxylic acid groups (broad SMARTS) is 1. The van der Waals surface area contributed by atoms with Crippen molar-refractivity contribution in [2.45, 2.75) is 13.0 Å². The Morgan fingerprint density at radius 2 is 1.75 bits per heavy atom. The van der Waals surface area contributed by atoms with Gasteiger partial charge < -0.3 is 9.67 Å². The average molecular weight is 446 g/mol. The van der Waals surface area contributed by atoms with Gasteiger partial charge in [0.15, 0.2) is 11.2 Å². The number of hydrogen-bond donors (Lipinski definition) is 1. The molecular formula is C20H13BrFNO5. The highest BCUT2D eigenvalue weighted by Gasteiger charge is 2.22. The molecule has 0 unspecified atom stereocenters. The van der Waals surface area contributed by atoms with Gasteiger partial charge in [-0.2, -0.15) is 0 Å². The monoisotopic (exact) mass is 445 g/mol. The minimum absolute atomic E-state index is 0.241. The van der Waals surface area contributed by atoms with Crippen LogP contribution in [0.4, 0.5) is 4.39 Å². The Balaban J connectivity index is 2.14. The van der Waals surface area contributed by atoms with Gasteiger partial charge in [0, 0.05) is 22.6 Å². The second kappa shape index (κ2) is 7.85.